The van der Waals surface area contributed by atoms with Crippen LogP contribution < -0.4 is 9.47 Å². The highest BCUT2D eigenvalue weighted by atomic mass is 32.2. The Kier molecular flexibility index (Phi) is 7.83. The predicted octanol–water partition coefficient (Wildman–Crippen LogP) is 8.37. The van der Waals surface area contributed by atoms with Crippen LogP contribution in [0.1, 0.15) is 50.4 Å². The topological polar surface area (TPSA) is 100 Å². The van der Waals surface area contributed by atoms with Crippen LogP contribution in [0.5, 0.6) is 17.2 Å². The van der Waals surface area contributed by atoms with Crippen LogP contribution in [0.2, 0.25) is 0 Å². The minimum absolute atomic E-state index is 0.0198. The summed E-state index contributed by atoms with van der Waals surface area (Å²) in [5, 5.41) is 9.71. The van der Waals surface area contributed by atoms with Crippen molar-refractivity contribution in [3.63, 3.8) is 0 Å². The first-order chi connectivity index (χ1) is 21.1. The minimum atomic E-state index is -1.14. The number of carboxylic acids is 1. The normalized spacial score (nSPS) is 16.2. The number of aromatic nitrogens is 3. The van der Waals surface area contributed by atoms with Crippen LogP contribution in [-0.4, -0.2) is 37.9 Å². The number of halogens is 3. The summed E-state index contributed by atoms with van der Waals surface area (Å²) in [4.78, 5) is 22.2. The molecule has 5 aromatic rings. The Morgan fingerprint density at radius 2 is 1.98 bits per heavy atom. The van der Waals surface area contributed by atoms with Crippen LogP contribution in [0.3, 0.4) is 0 Å². The average molecular weight is 622 g/mol. The van der Waals surface area contributed by atoms with Crippen LogP contribution in [0.4, 0.5) is 13.2 Å². The second-order valence-corrected chi connectivity index (χ2v) is 12.8. The first kappa shape index (κ1) is 29.7. The Morgan fingerprint density at radius 1 is 1.16 bits per heavy atom. The summed E-state index contributed by atoms with van der Waals surface area (Å²) in [6.45, 7) is 6.30. The van der Waals surface area contributed by atoms with Crippen LogP contribution in [0.15, 0.2) is 59.8 Å². The second-order valence-electron chi connectivity index (χ2n) is 11.2. The molecule has 1 aliphatic heterocycles. The number of hydrogen-bond donors (Lipinski definition) is 3. The molecule has 0 fully saturated rings. The lowest BCUT2D eigenvalue weighted by Gasteiger charge is -2.35. The minimum Gasteiger partial charge on any atom is -0.493 e. The fraction of sp³-hybridized carbons (Fsp3) is 0.273. The summed E-state index contributed by atoms with van der Waals surface area (Å²) in [5.41, 5.74) is 1.88. The molecule has 0 aliphatic carbocycles. The number of rotatable bonds is 9. The number of aromatic amines is 2. The maximum absolute atomic E-state index is 15.3. The number of aliphatic carboxylic acids is 1. The van der Waals surface area contributed by atoms with E-state index in [4.69, 9.17) is 19.6 Å². The van der Waals surface area contributed by atoms with E-state index in [1.165, 1.54) is 30.0 Å². The second kappa shape index (κ2) is 11.6. The smallest absolute Gasteiger partial charge is 0.303 e. The van der Waals surface area contributed by atoms with E-state index in [-0.39, 0.29) is 40.1 Å². The maximum Gasteiger partial charge on any atom is 0.303 e. The number of carbonyl (C=O) groups is 1. The molecule has 3 heterocycles. The number of nitrogens with zero attached hydrogens (tertiary/aromatic N) is 1. The van der Waals surface area contributed by atoms with Crippen molar-refractivity contribution in [2.45, 2.75) is 55.6 Å². The molecule has 228 valence electrons. The molecule has 2 aromatic heterocycles. The lowest BCUT2D eigenvalue weighted by atomic mass is 9.74. The van der Waals surface area contributed by atoms with Crippen LogP contribution in [0, 0.1) is 17.5 Å². The van der Waals surface area contributed by atoms with E-state index in [2.05, 4.69) is 9.97 Å². The third-order valence-corrected chi connectivity index (χ3v) is 8.98. The number of carboxylic acid groups (broad SMARTS) is 1. The van der Waals surface area contributed by atoms with Crippen molar-refractivity contribution in [3.05, 3.63) is 89.1 Å². The summed E-state index contributed by atoms with van der Waals surface area (Å²) < 4.78 is 57.4. The largest absolute Gasteiger partial charge is 0.493 e. The van der Waals surface area contributed by atoms with Gasteiger partial charge in [-0.3, -0.25) is 4.79 Å². The van der Waals surface area contributed by atoms with Gasteiger partial charge in [0.1, 0.15) is 23.1 Å². The maximum atomic E-state index is 15.3. The van der Waals surface area contributed by atoms with Gasteiger partial charge in [-0.15, -0.1) is 11.8 Å². The molecule has 0 saturated carbocycles. The van der Waals surface area contributed by atoms with Gasteiger partial charge < -0.3 is 24.5 Å². The highest BCUT2D eigenvalue weighted by Crippen LogP contribution is 2.46. The average Bonchev–Trinajstić information content (AvgIpc) is 3.69. The first-order valence-electron chi connectivity index (χ1n) is 14.2. The zero-order valence-corrected chi connectivity index (χ0v) is 25.1. The standard InChI is InChI=1S/C33H30F3N3O4S/c1-17(2)44-31-20-11-13-37-28(20)26(35)27(36)30(31)43-19-8-9-23(34)21(15-19)32-38-16-24(39-32)33(3)12-14-42-29-18(7-10-25(40)41)5-4-6-22(29)33/h4-6,8-9,11,13,15-17,37H,7,10,12,14H2,1-3H3,(H,38,39)(H,40,41)/t33-/m0/s1. The molecular weight excluding hydrogens is 591 g/mol. The molecule has 0 saturated heterocycles. The van der Waals surface area contributed by atoms with Crippen molar-refractivity contribution in [1.29, 1.82) is 0 Å². The van der Waals surface area contributed by atoms with Gasteiger partial charge in [-0.25, -0.2) is 13.8 Å². The van der Waals surface area contributed by atoms with Gasteiger partial charge >= 0.3 is 5.97 Å². The third-order valence-electron chi connectivity index (χ3n) is 7.87. The molecule has 3 N–H and O–H groups in total. The first-order valence-corrected chi connectivity index (χ1v) is 15.1. The summed E-state index contributed by atoms with van der Waals surface area (Å²) in [6.07, 6.45) is 4.17. The number of para-hydroxylation sites is 1. The number of fused-ring (bicyclic) bond motifs is 2. The molecule has 6 rings (SSSR count). The van der Waals surface area contributed by atoms with Gasteiger partial charge in [-0.2, -0.15) is 4.39 Å². The van der Waals surface area contributed by atoms with Gasteiger partial charge in [0, 0.05) is 40.4 Å². The van der Waals surface area contributed by atoms with Gasteiger partial charge in [-0.1, -0.05) is 32.0 Å². The summed E-state index contributed by atoms with van der Waals surface area (Å²) >= 11 is 1.34. The summed E-state index contributed by atoms with van der Waals surface area (Å²) in [6, 6.07) is 11.3. The predicted molar refractivity (Wildman–Crippen MR) is 162 cm³/mol. The van der Waals surface area contributed by atoms with Crippen molar-refractivity contribution >= 4 is 28.6 Å². The van der Waals surface area contributed by atoms with Crippen molar-refractivity contribution in [1.82, 2.24) is 15.0 Å². The van der Waals surface area contributed by atoms with Crippen molar-refractivity contribution in [2.75, 3.05) is 6.61 Å². The molecule has 11 heteroatoms. The molecular formula is C33H30F3N3O4S. The fourth-order valence-corrected chi connectivity index (χ4v) is 6.62. The molecule has 0 bridgehead atoms. The van der Waals surface area contributed by atoms with E-state index in [0.717, 1.165) is 11.1 Å². The highest BCUT2D eigenvalue weighted by Gasteiger charge is 2.38. The van der Waals surface area contributed by atoms with Gasteiger partial charge in [0.25, 0.3) is 0 Å². The fourth-order valence-electron chi connectivity index (χ4n) is 5.61. The Morgan fingerprint density at radius 3 is 2.75 bits per heavy atom. The molecule has 0 radical (unpaired) electrons. The Bertz CT molecular complexity index is 1890. The lowest BCUT2D eigenvalue weighted by molar-refractivity contribution is -0.136. The monoisotopic (exact) mass is 621 g/mol. The number of hydrogen-bond acceptors (Lipinski definition) is 5. The van der Waals surface area contributed by atoms with E-state index < -0.39 is 28.8 Å². The van der Waals surface area contributed by atoms with E-state index in [1.54, 1.807) is 18.5 Å². The number of nitrogens with one attached hydrogen (secondary N) is 2. The van der Waals surface area contributed by atoms with Crippen LogP contribution in [-0.2, 0) is 16.6 Å². The van der Waals surface area contributed by atoms with Gasteiger partial charge in [-0.05, 0) is 49.6 Å². The zero-order valence-electron chi connectivity index (χ0n) is 24.3. The molecule has 0 unspecified atom stereocenters. The molecule has 7 nitrogen and oxygen atoms in total. The Balaban J connectivity index is 1.35. The molecule has 0 spiro atoms. The number of thioether (sulfide) groups is 1. The number of benzene rings is 3. The molecule has 0 amide bonds. The lowest BCUT2D eigenvalue weighted by Crippen LogP contribution is -2.32. The van der Waals surface area contributed by atoms with Crippen molar-refractivity contribution in [2.24, 2.45) is 0 Å². The molecule has 3 aromatic carbocycles. The number of aryl methyl sites for hydroxylation is 1. The summed E-state index contributed by atoms with van der Waals surface area (Å²) in [7, 11) is 0. The van der Waals surface area contributed by atoms with Crippen LogP contribution in [0.25, 0.3) is 22.3 Å². The van der Waals surface area contributed by atoms with Crippen molar-refractivity contribution < 1.29 is 32.5 Å². The van der Waals surface area contributed by atoms with Gasteiger partial charge in [0.2, 0.25) is 5.82 Å². The van der Waals surface area contributed by atoms with E-state index in [1.807, 2.05) is 39.0 Å². The zero-order chi connectivity index (χ0) is 31.2. The van der Waals surface area contributed by atoms with Crippen molar-refractivity contribution in [3.8, 4) is 28.6 Å². The van der Waals surface area contributed by atoms with Gasteiger partial charge in [0.15, 0.2) is 11.6 Å². The summed E-state index contributed by atoms with van der Waals surface area (Å²) in [5.74, 6) is -2.92. The molecule has 1 atom stereocenters. The molecule has 1 aliphatic rings. The number of ether oxygens (including phenoxy) is 2. The number of H-pyrrole nitrogens is 2. The van der Waals surface area contributed by atoms with E-state index in [9.17, 15) is 9.18 Å². The third kappa shape index (κ3) is 5.29. The SMILES string of the molecule is CC(C)Sc1c(Oc2ccc(F)c(-c3nc([C@@]4(C)CCOc5c(CCC(=O)O)cccc54)c[nH]3)c2)c(F)c(F)c2[nH]ccc12. The Labute approximate surface area is 255 Å². The quantitative estimate of drug-likeness (QED) is 0.143. The van der Waals surface area contributed by atoms with E-state index >= 15 is 8.78 Å². The number of imidazole rings is 1. The van der Waals surface area contributed by atoms with E-state index in [0.29, 0.717) is 41.2 Å². The highest BCUT2D eigenvalue weighted by molar-refractivity contribution is 8.00. The van der Waals surface area contributed by atoms with Gasteiger partial charge in [0.05, 0.1) is 28.3 Å². The Hall–Kier alpha value is -4.38. The van der Waals surface area contributed by atoms with Crippen LogP contribution >= 0.6 is 11.8 Å². The molecule has 44 heavy (non-hydrogen) atoms.